The van der Waals surface area contributed by atoms with Crippen LogP contribution in [0.1, 0.15) is 6.92 Å². The molecule has 0 aromatic carbocycles. The molecule has 14 heavy (non-hydrogen) atoms. The Morgan fingerprint density at radius 1 is 1.29 bits per heavy atom. The minimum atomic E-state index is -0.964. The molecule has 76 valence electrons. The molecule has 1 heterocycles. The van der Waals surface area contributed by atoms with Gasteiger partial charge in [-0.1, -0.05) is 0 Å². The molecule has 0 bridgehead atoms. The maximum atomic E-state index is 11.3. The summed E-state index contributed by atoms with van der Waals surface area (Å²) >= 11 is 5.76. The van der Waals surface area contributed by atoms with Crippen molar-refractivity contribution >= 4 is 49.8 Å². The molecule has 0 aliphatic carbocycles. The van der Waals surface area contributed by atoms with Gasteiger partial charge in [0.05, 0.1) is 6.61 Å². The van der Waals surface area contributed by atoms with E-state index in [4.69, 9.17) is 0 Å². The number of imide groups is 3. The van der Waals surface area contributed by atoms with Crippen molar-refractivity contribution in [2.45, 2.75) is 6.92 Å². The van der Waals surface area contributed by atoms with Gasteiger partial charge in [0, 0.05) is 0 Å². The zero-order valence-electron chi connectivity index (χ0n) is 7.04. The molecule has 7 heteroatoms. The van der Waals surface area contributed by atoms with Gasteiger partial charge in [0.15, 0.2) is 0 Å². The molecule has 1 aliphatic rings. The average Bonchev–Trinajstić information content (AvgIpc) is 2.32. The van der Waals surface area contributed by atoms with Gasteiger partial charge in [-0.2, -0.15) is 4.90 Å². The van der Waals surface area contributed by atoms with E-state index >= 15 is 0 Å². The molecule has 0 unspecified atom stereocenters. The molecule has 0 spiro atoms. The van der Waals surface area contributed by atoms with Crippen molar-refractivity contribution in [1.29, 1.82) is 0 Å². The number of carbonyl (C=O) groups is 3. The summed E-state index contributed by atoms with van der Waals surface area (Å²) in [5, 5.41) is 0. The molecule has 0 saturated carbocycles. The predicted octanol–water partition coefficient (Wildman–Crippen LogP) is 1.51. The normalized spacial score (nSPS) is 16.6. The summed E-state index contributed by atoms with van der Waals surface area (Å²) in [6.07, 6.45) is -0.964. The Kier molecular flexibility index (Phi) is 3.43. The second-order valence-electron chi connectivity index (χ2n) is 2.27. The quantitative estimate of drug-likeness (QED) is 0.685. The molecule has 1 rings (SSSR count). The lowest BCUT2D eigenvalue weighted by atomic mass is 10.6. The zero-order valence-corrected chi connectivity index (χ0v) is 10.2. The number of carbonyl (C=O) groups excluding carboxylic acids is 3. The summed E-state index contributed by atoms with van der Waals surface area (Å²) in [5.74, 6) is -1.44. The number of rotatable bonds is 1. The van der Waals surface area contributed by atoms with E-state index in [0.29, 0.717) is 4.90 Å². The van der Waals surface area contributed by atoms with Crippen molar-refractivity contribution in [2.24, 2.45) is 0 Å². The summed E-state index contributed by atoms with van der Waals surface area (Å²) in [6, 6.07) is 0. The van der Waals surface area contributed by atoms with Crippen molar-refractivity contribution in [2.75, 3.05) is 6.61 Å². The summed E-state index contributed by atoms with van der Waals surface area (Å²) in [7, 11) is 0. The highest BCUT2D eigenvalue weighted by molar-refractivity contribution is 9.14. The summed E-state index contributed by atoms with van der Waals surface area (Å²) < 4.78 is 4.59. The number of amides is 3. The fourth-order valence-electron chi connectivity index (χ4n) is 0.830. The van der Waals surface area contributed by atoms with Gasteiger partial charge < -0.3 is 4.74 Å². The number of nitrogens with zero attached hydrogens (tertiary/aromatic N) is 1. The van der Waals surface area contributed by atoms with Crippen LogP contribution in [0.4, 0.5) is 4.79 Å². The van der Waals surface area contributed by atoms with Crippen LogP contribution in [0.5, 0.6) is 0 Å². The number of hydrogen-bond donors (Lipinski definition) is 0. The van der Waals surface area contributed by atoms with E-state index in [1.54, 1.807) is 6.92 Å². The lowest BCUT2D eigenvalue weighted by molar-refractivity contribution is -0.134. The molecule has 3 amide bonds. The zero-order chi connectivity index (χ0) is 10.9. The van der Waals surface area contributed by atoms with E-state index in [-0.39, 0.29) is 15.6 Å². The second-order valence-corrected chi connectivity index (χ2v) is 3.86. The molecule has 1 aliphatic heterocycles. The van der Waals surface area contributed by atoms with Crippen LogP contribution in [-0.4, -0.2) is 29.4 Å². The third kappa shape index (κ3) is 1.74. The van der Waals surface area contributed by atoms with Gasteiger partial charge in [-0.05, 0) is 38.8 Å². The molecule has 0 fully saturated rings. The van der Waals surface area contributed by atoms with Gasteiger partial charge in [-0.15, -0.1) is 0 Å². The third-order valence-electron chi connectivity index (χ3n) is 1.42. The maximum absolute atomic E-state index is 11.3. The standard InChI is InChI=1S/C7H5Br2NO4/c1-2-14-7(13)10-5(11)3(8)4(9)6(10)12/h2H2,1H3. The van der Waals surface area contributed by atoms with Crippen molar-refractivity contribution in [1.82, 2.24) is 4.90 Å². The van der Waals surface area contributed by atoms with Crippen molar-refractivity contribution in [3.8, 4) is 0 Å². The summed E-state index contributed by atoms with van der Waals surface area (Å²) in [4.78, 5) is 34.2. The topological polar surface area (TPSA) is 63.7 Å². The van der Waals surface area contributed by atoms with E-state index < -0.39 is 17.9 Å². The highest BCUT2D eigenvalue weighted by Gasteiger charge is 2.41. The van der Waals surface area contributed by atoms with Crippen LogP contribution in [0, 0.1) is 0 Å². The Bertz CT molecular complexity index is 326. The Balaban J connectivity index is 2.92. The van der Waals surface area contributed by atoms with E-state index in [1.165, 1.54) is 0 Å². The molecule has 0 radical (unpaired) electrons. The van der Waals surface area contributed by atoms with Crippen molar-refractivity contribution in [3.63, 3.8) is 0 Å². The first-order chi connectivity index (χ1) is 6.50. The van der Waals surface area contributed by atoms with E-state index in [2.05, 4.69) is 36.6 Å². The minimum Gasteiger partial charge on any atom is -0.449 e. The highest BCUT2D eigenvalue weighted by atomic mass is 79.9. The molecule has 0 saturated heterocycles. The summed E-state index contributed by atoms with van der Waals surface area (Å²) in [5.41, 5.74) is 0. The Hall–Kier alpha value is -0.690. The molecule has 0 aromatic rings. The van der Waals surface area contributed by atoms with Crippen molar-refractivity contribution in [3.05, 3.63) is 8.96 Å². The van der Waals surface area contributed by atoms with E-state index in [1.807, 2.05) is 0 Å². The molecule has 5 nitrogen and oxygen atoms in total. The molecule has 0 atom stereocenters. The fourth-order valence-corrected chi connectivity index (χ4v) is 1.52. The predicted molar refractivity (Wildman–Crippen MR) is 53.8 cm³/mol. The van der Waals surface area contributed by atoms with Crippen LogP contribution in [0.2, 0.25) is 0 Å². The first-order valence-electron chi connectivity index (χ1n) is 3.61. The largest absolute Gasteiger partial charge is 0.449 e. The number of ether oxygens (including phenoxy) is 1. The Morgan fingerprint density at radius 3 is 2.07 bits per heavy atom. The van der Waals surface area contributed by atoms with Crippen LogP contribution in [0.3, 0.4) is 0 Å². The van der Waals surface area contributed by atoms with E-state index in [0.717, 1.165) is 0 Å². The SMILES string of the molecule is CCOC(=O)N1C(=O)C(Br)=C(Br)C1=O. The fraction of sp³-hybridized carbons (Fsp3) is 0.286. The van der Waals surface area contributed by atoms with Crippen LogP contribution in [0.25, 0.3) is 0 Å². The van der Waals surface area contributed by atoms with Gasteiger partial charge in [-0.25, -0.2) is 4.79 Å². The lowest BCUT2D eigenvalue weighted by Gasteiger charge is -2.10. The van der Waals surface area contributed by atoms with Crippen molar-refractivity contribution < 1.29 is 19.1 Å². The Morgan fingerprint density at radius 2 is 1.71 bits per heavy atom. The Labute approximate surface area is 96.3 Å². The first kappa shape index (κ1) is 11.4. The molecular formula is C7H5Br2NO4. The van der Waals surface area contributed by atoms with Gasteiger partial charge in [-0.3, -0.25) is 9.59 Å². The maximum Gasteiger partial charge on any atom is 0.424 e. The monoisotopic (exact) mass is 325 g/mol. The van der Waals surface area contributed by atoms with Gasteiger partial charge in [0.1, 0.15) is 8.96 Å². The van der Waals surface area contributed by atoms with Crippen LogP contribution < -0.4 is 0 Å². The summed E-state index contributed by atoms with van der Waals surface area (Å²) in [6.45, 7) is 1.69. The van der Waals surface area contributed by atoms with Crippen LogP contribution in [-0.2, 0) is 14.3 Å². The number of hydrogen-bond acceptors (Lipinski definition) is 4. The third-order valence-corrected chi connectivity index (χ3v) is 3.43. The highest BCUT2D eigenvalue weighted by Crippen LogP contribution is 2.29. The smallest absolute Gasteiger partial charge is 0.424 e. The molecular weight excluding hydrogens is 322 g/mol. The minimum absolute atomic E-state index is 0.0237. The first-order valence-corrected chi connectivity index (χ1v) is 5.20. The van der Waals surface area contributed by atoms with Crippen LogP contribution in [0.15, 0.2) is 8.96 Å². The van der Waals surface area contributed by atoms with Gasteiger partial charge >= 0.3 is 6.09 Å². The van der Waals surface area contributed by atoms with Gasteiger partial charge in [0.25, 0.3) is 11.8 Å². The van der Waals surface area contributed by atoms with E-state index in [9.17, 15) is 14.4 Å². The average molecular weight is 327 g/mol. The van der Waals surface area contributed by atoms with Gasteiger partial charge in [0.2, 0.25) is 0 Å². The van der Waals surface area contributed by atoms with Crippen LogP contribution >= 0.6 is 31.9 Å². The lowest BCUT2D eigenvalue weighted by Crippen LogP contribution is -2.37. The second kappa shape index (κ2) is 4.22. The molecule has 0 aromatic heterocycles. The molecule has 0 N–H and O–H groups in total. The number of halogens is 2.